The largest absolute Gasteiger partial charge is 0.311 e. The first kappa shape index (κ1) is 14.1. The number of rotatable bonds is 4. The summed E-state index contributed by atoms with van der Waals surface area (Å²) in [5.74, 6) is 1.04. The van der Waals surface area contributed by atoms with E-state index < -0.39 is 0 Å². The van der Waals surface area contributed by atoms with Gasteiger partial charge < -0.3 is 5.32 Å². The minimum absolute atomic E-state index is 0.292. The minimum atomic E-state index is 0.292. The van der Waals surface area contributed by atoms with E-state index in [1.165, 1.54) is 5.69 Å². The van der Waals surface area contributed by atoms with Crippen molar-refractivity contribution in [2.24, 2.45) is 7.05 Å². The fraction of sp³-hybridized carbons (Fsp3) is 0.727. The maximum Gasteiger partial charge on any atom is 0.0700 e. The van der Waals surface area contributed by atoms with Gasteiger partial charge in [-0.1, -0.05) is 20.8 Å². The van der Waals surface area contributed by atoms with E-state index in [9.17, 15) is 0 Å². The Labute approximate surface area is 110 Å². The Bertz CT molecular complexity index is 324. The summed E-state index contributed by atoms with van der Waals surface area (Å²) < 4.78 is 3.29. The van der Waals surface area contributed by atoms with Gasteiger partial charge in [0.05, 0.1) is 22.4 Å². The molecular formula is C11H20BrN3S. The number of hydrogen-bond acceptors (Lipinski definition) is 3. The van der Waals surface area contributed by atoms with Gasteiger partial charge in [-0.05, 0) is 23.0 Å². The van der Waals surface area contributed by atoms with Crippen LogP contribution < -0.4 is 5.32 Å². The summed E-state index contributed by atoms with van der Waals surface area (Å²) in [5, 5.41) is 7.60. The summed E-state index contributed by atoms with van der Waals surface area (Å²) in [6.45, 7) is 6.72. The summed E-state index contributed by atoms with van der Waals surface area (Å²) in [5.41, 5.74) is 1.21. The Morgan fingerprint density at radius 2 is 2.19 bits per heavy atom. The standard InChI is InChI=1S/C11H20BrN3S/c1-11(2,3)16-7-9(13-4)10-8(12)6-14-15(10)5/h6,9,13H,7H2,1-5H3. The molecule has 5 heteroatoms. The van der Waals surface area contributed by atoms with Gasteiger partial charge in [0.15, 0.2) is 0 Å². The van der Waals surface area contributed by atoms with Crippen molar-refractivity contribution in [2.45, 2.75) is 31.6 Å². The average Bonchev–Trinajstić information content (AvgIpc) is 2.48. The maximum absolute atomic E-state index is 4.25. The van der Waals surface area contributed by atoms with Crippen molar-refractivity contribution in [3.05, 3.63) is 16.4 Å². The molecule has 16 heavy (non-hydrogen) atoms. The lowest BCUT2D eigenvalue weighted by Crippen LogP contribution is -2.24. The van der Waals surface area contributed by atoms with E-state index in [1.54, 1.807) is 0 Å². The molecular weight excluding hydrogens is 286 g/mol. The number of aromatic nitrogens is 2. The Morgan fingerprint density at radius 1 is 1.56 bits per heavy atom. The molecule has 0 saturated carbocycles. The van der Waals surface area contributed by atoms with Crippen molar-refractivity contribution in [2.75, 3.05) is 12.8 Å². The molecule has 0 aliphatic rings. The maximum atomic E-state index is 4.25. The van der Waals surface area contributed by atoms with Gasteiger partial charge in [0.25, 0.3) is 0 Å². The molecule has 0 radical (unpaired) electrons. The van der Waals surface area contributed by atoms with Crippen LogP contribution in [0.2, 0.25) is 0 Å². The highest BCUT2D eigenvalue weighted by Crippen LogP contribution is 2.30. The minimum Gasteiger partial charge on any atom is -0.311 e. The lowest BCUT2D eigenvalue weighted by molar-refractivity contribution is 0.581. The lowest BCUT2D eigenvalue weighted by atomic mass is 10.2. The number of nitrogens with zero attached hydrogens (tertiary/aromatic N) is 2. The Morgan fingerprint density at radius 3 is 2.56 bits per heavy atom. The molecule has 1 aromatic heterocycles. The first-order valence-corrected chi connectivity index (χ1v) is 7.11. The van der Waals surface area contributed by atoms with Crippen molar-refractivity contribution < 1.29 is 0 Å². The van der Waals surface area contributed by atoms with E-state index in [1.807, 2.05) is 36.7 Å². The number of hydrogen-bond donors (Lipinski definition) is 1. The van der Waals surface area contributed by atoms with Crippen LogP contribution in [0.5, 0.6) is 0 Å². The van der Waals surface area contributed by atoms with Crippen LogP contribution in [-0.4, -0.2) is 27.3 Å². The van der Waals surface area contributed by atoms with Crippen LogP contribution >= 0.6 is 27.7 Å². The zero-order valence-electron chi connectivity index (χ0n) is 10.5. The first-order chi connectivity index (χ1) is 7.35. The molecule has 1 atom stereocenters. The lowest BCUT2D eigenvalue weighted by Gasteiger charge is -2.23. The third-order valence-corrected chi connectivity index (χ3v) is 4.28. The number of thioether (sulfide) groups is 1. The molecule has 3 nitrogen and oxygen atoms in total. The molecule has 0 aliphatic heterocycles. The Balaban J connectivity index is 2.75. The molecule has 0 bridgehead atoms. The van der Waals surface area contributed by atoms with Crippen LogP contribution in [0.1, 0.15) is 32.5 Å². The van der Waals surface area contributed by atoms with Crippen molar-refractivity contribution in [1.29, 1.82) is 0 Å². The molecule has 1 rings (SSSR count). The summed E-state index contributed by atoms with van der Waals surface area (Å²) in [6.07, 6.45) is 1.85. The first-order valence-electron chi connectivity index (χ1n) is 5.34. The van der Waals surface area contributed by atoms with Crippen LogP contribution in [-0.2, 0) is 7.05 Å². The molecule has 0 amide bonds. The van der Waals surface area contributed by atoms with Gasteiger partial charge in [0.1, 0.15) is 0 Å². The zero-order valence-corrected chi connectivity index (χ0v) is 12.9. The van der Waals surface area contributed by atoms with Gasteiger partial charge in [-0.3, -0.25) is 4.68 Å². The normalized spacial score (nSPS) is 14.1. The average molecular weight is 306 g/mol. The van der Waals surface area contributed by atoms with Crippen molar-refractivity contribution in [3.63, 3.8) is 0 Å². The molecule has 0 fully saturated rings. The SMILES string of the molecule is CNC(CSC(C)(C)C)c1c(Br)cnn1C. The highest BCUT2D eigenvalue weighted by Gasteiger charge is 2.20. The number of nitrogens with one attached hydrogen (secondary N) is 1. The number of aryl methyl sites for hydroxylation is 1. The van der Waals surface area contributed by atoms with Crippen molar-refractivity contribution in [1.82, 2.24) is 15.1 Å². The molecule has 1 N–H and O–H groups in total. The van der Waals surface area contributed by atoms with Crippen molar-refractivity contribution >= 4 is 27.7 Å². The second-order valence-electron chi connectivity index (χ2n) is 4.77. The fourth-order valence-corrected chi connectivity index (χ4v) is 3.06. The Hall–Kier alpha value is 0. The molecule has 1 heterocycles. The smallest absolute Gasteiger partial charge is 0.0700 e. The van der Waals surface area contributed by atoms with Gasteiger partial charge in [-0.15, -0.1) is 0 Å². The van der Waals surface area contributed by atoms with Crippen LogP contribution in [0.25, 0.3) is 0 Å². The number of halogens is 1. The van der Waals surface area contributed by atoms with Crippen LogP contribution in [0.4, 0.5) is 0 Å². The van der Waals surface area contributed by atoms with Gasteiger partial charge in [-0.2, -0.15) is 16.9 Å². The van der Waals surface area contributed by atoms with E-state index in [2.05, 4.69) is 47.1 Å². The molecule has 1 unspecified atom stereocenters. The summed E-state index contributed by atoms with van der Waals surface area (Å²) in [6, 6.07) is 0.325. The predicted molar refractivity (Wildman–Crippen MR) is 74.9 cm³/mol. The molecule has 0 saturated heterocycles. The van der Waals surface area contributed by atoms with E-state index in [0.29, 0.717) is 10.8 Å². The van der Waals surface area contributed by atoms with E-state index in [0.717, 1.165) is 10.2 Å². The molecule has 1 aromatic rings. The van der Waals surface area contributed by atoms with E-state index in [4.69, 9.17) is 0 Å². The zero-order chi connectivity index (χ0) is 12.3. The topological polar surface area (TPSA) is 29.9 Å². The summed E-state index contributed by atoms with van der Waals surface area (Å²) in [7, 11) is 3.97. The van der Waals surface area contributed by atoms with Crippen LogP contribution in [0.15, 0.2) is 10.7 Å². The third kappa shape index (κ3) is 3.79. The second-order valence-corrected chi connectivity index (χ2v) is 7.47. The van der Waals surface area contributed by atoms with Crippen molar-refractivity contribution in [3.8, 4) is 0 Å². The van der Waals surface area contributed by atoms with Gasteiger partial charge in [0.2, 0.25) is 0 Å². The summed E-state index contributed by atoms with van der Waals surface area (Å²) in [4.78, 5) is 0. The molecule has 0 aromatic carbocycles. The monoisotopic (exact) mass is 305 g/mol. The second kappa shape index (κ2) is 5.56. The molecule has 0 spiro atoms. The quantitative estimate of drug-likeness (QED) is 0.927. The highest BCUT2D eigenvalue weighted by atomic mass is 79.9. The highest BCUT2D eigenvalue weighted by molar-refractivity contribution is 9.10. The van der Waals surface area contributed by atoms with E-state index in [-0.39, 0.29) is 0 Å². The molecule has 0 aliphatic carbocycles. The summed E-state index contributed by atoms with van der Waals surface area (Å²) >= 11 is 5.50. The van der Waals surface area contributed by atoms with Crippen LogP contribution in [0, 0.1) is 0 Å². The van der Waals surface area contributed by atoms with E-state index >= 15 is 0 Å². The predicted octanol–water partition coefficient (Wildman–Crippen LogP) is 2.97. The van der Waals surface area contributed by atoms with Gasteiger partial charge in [0, 0.05) is 17.5 Å². The Kier molecular flexibility index (Phi) is 4.88. The van der Waals surface area contributed by atoms with Gasteiger partial charge >= 0.3 is 0 Å². The van der Waals surface area contributed by atoms with Gasteiger partial charge in [-0.25, -0.2) is 0 Å². The van der Waals surface area contributed by atoms with Crippen LogP contribution in [0.3, 0.4) is 0 Å². The molecule has 92 valence electrons. The third-order valence-electron chi connectivity index (χ3n) is 2.30. The fourth-order valence-electron chi connectivity index (χ4n) is 1.44.